The number of thiazole rings is 1. The van der Waals surface area contributed by atoms with Gasteiger partial charge >= 0.3 is 0 Å². The molecule has 5 heteroatoms. The van der Waals surface area contributed by atoms with Crippen molar-refractivity contribution in [2.45, 2.75) is 17.7 Å². The molecule has 0 saturated carbocycles. The van der Waals surface area contributed by atoms with E-state index in [-0.39, 0.29) is 0 Å². The van der Waals surface area contributed by atoms with E-state index in [2.05, 4.69) is 32.8 Å². The highest BCUT2D eigenvalue weighted by molar-refractivity contribution is 9.10. The Morgan fingerprint density at radius 3 is 3.00 bits per heavy atom. The summed E-state index contributed by atoms with van der Waals surface area (Å²) in [5.41, 5.74) is 2.19. The van der Waals surface area contributed by atoms with Gasteiger partial charge in [-0.3, -0.25) is 0 Å². The molecule has 0 amide bonds. The molecule has 0 aliphatic carbocycles. The molecule has 2 aromatic rings. The van der Waals surface area contributed by atoms with E-state index in [0.29, 0.717) is 0 Å². The predicted molar refractivity (Wildman–Crippen MR) is 66.3 cm³/mol. The molecule has 0 atom stereocenters. The summed E-state index contributed by atoms with van der Waals surface area (Å²) in [4.78, 5) is 8.73. The zero-order valence-electron chi connectivity index (χ0n) is 7.87. The molecule has 2 aromatic heterocycles. The number of nitrogens with zero attached hydrogens (tertiary/aromatic N) is 2. The Hall–Kier alpha value is -0.130. The Labute approximate surface area is 99.3 Å². The van der Waals surface area contributed by atoms with Crippen LogP contribution in [0.2, 0.25) is 0 Å². The average molecular weight is 289 g/mol. The topological polar surface area (TPSA) is 25.8 Å². The van der Waals surface area contributed by atoms with Crippen LogP contribution in [0.1, 0.15) is 12.5 Å². The SMILES string of the molecule is CCc1c(Br)cnc2nc(SC)sc12. The standard InChI is InChI=1S/C9H9BrN2S2/c1-3-5-6(10)4-11-8-7(5)14-9(12-8)13-2/h4H,3H2,1-2H3. The average Bonchev–Trinajstić information content (AvgIpc) is 2.60. The first-order chi connectivity index (χ1) is 6.76. The maximum atomic E-state index is 4.43. The largest absolute Gasteiger partial charge is 0.235 e. The van der Waals surface area contributed by atoms with Crippen molar-refractivity contribution in [1.82, 2.24) is 9.97 Å². The molecule has 14 heavy (non-hydrogen) atoms. The second kappa shape index (κ2) is 4.16. The lowest BCUT2D eigenvalue weighted by atomic mass is 10.2. The molecule has 0 radical (unpaired) electrons. The van der Waals surface area contributed by atoms with Crippen molar-refractivity contribution in [1.29, 1.82) is 0 Å². The number of rotatable bonds is 2. The summed E-state index contributed by atoms with van der Waals surface area (Å²) in [5, 5.41) is 0. The van der Waals surface area contributed by atoms with Gasteiger partial charge in [0.25, 0.3) is 0 Å². The molecular weight excluding hydrogens is 280 g/mol. The minimum Gasteiger partial charge on any atom is -0.235 e. The Bertz CT molecular complexity index is 467. The molecule has 0 aromatic carbocycles. The van der Waals surface area contributed by atoms with Gasteiger partial charge in [0, 0.05) is 10.7 Å². The Balaban J connectivity index is 2.73. The Morgan fingerprint density at radius 2 is 2.36 bits per heavy atom. The summed E-state index contributed by atoms with van der Waals surface area (Å²) < 4.78 is 3.38. The van der Waals surface area contributed by atoms with E-state index >= 15 is 0 Å². The van der Waals surface area contributed by atoms with Crippen LogP contribution >= 0.6 is 39.0 Å². The van der Waals surface area contributed by atoms with E-state index in [1.54, 1.807) is 23.1 Å². The number of hydrogen-bond donors (Lipinski definition) is 0. The third-order valence-electron chi connectivity index (χ3n) is 1.98. The van der Waals surface area contributed by atoms with Crippen LogP contribution in [0.25, 0.3) is 10.3 Å². The minimum atomic E-state index is 0.874. The third-order valence-corrected chi connectivity index (χ3v) is 4.75. The van der Waals surface area contributed by atoms with Crippen molar-refractivity contribution in [3.8, 4) is 0 Å². The fourth-order valence-corrected chi connectivity index (χ4v) is 3.65. The zero-order chi connectivity index (χ0) is 10.1. The molecule has 0 aliphatic rings. The van der Waals surface area contributed by atoms with Gasteiger partial charge in [-0.15, -0.1) is 11.3 Å². The first kappa shape index (κ1) is 10.4. The van der Waals surface area contributed by atoms with Crippen LogP contribution in [-0.4, -0.2) is 16.2 Å². The second-order valence-electron chi connectivity index (χ2n) is 2.77. The normalized spacial score (nSPS) is 11.1. The van der Waals surface area contributed by atoms with Gasteiger partial charge in [0.05, 0.1) is 4.70 Å². The van der Waals surface area contributed by atoms with Gasteiger partial charge in [-0.1, -0.05) is 18.7 Å². The van der Waals surface area contributed by atoms with Gasteiger partial charge in [-0.2, -0.15) is 0 Å². The molecule has 0 spiro atoms. The Kier molecular flexibility index (Phi) is 3.09. The maximum absolute atomic E-state index is 4.43. The van der Waals surface area contributed by atoms with Crippen LogP contribution in [0.4, 0.5) is 0 Å². The Morgan fingerprint density at radius 1 is 1.57 bits per heavy atom. The van der Waals surface area contributed by atoms with Crippen LogP contribution < -0.4 is 0 Å². The predicted octanol–water partition coefficient (Wildman–Crippen LogP) is 3.74. The molecule has 0 bridgehead atoms. The molecule has 2 nitrogen and oxygen atoms in total. The molecule has 74 valence electrons. The van der Waals surface area contributed by atoms with Gasteiger partial charge in [0.1, 0.15) is 0 Å². The summed E-state index contributed by atoms with van der Waals surface area (Å²) >= 11 is 6.91. The highest BCUT2D eigenvalue weighted by Crippen LogP contribution is 2.32. The fraction of sp³-hybridized carbons (Fsp3) is 0.333. The molecule has 0 N–H and O–H groups in total. The van der Waals surface area contributed by atoms with Crippen molar-refractivity contribution in [2.24, 2.45) is 0 Å². The summed E-state index contributed by atoms with van der Waals surface area (Å²) in [5.74, 6) is 0. The number of pyridine rings is 1. The summed E-state index contributed by atoms with van der Waals surface area (Å²) in [7, 11) is 0. The van der Waals surface area contributed by atoms with Gasteiger partial charge < -0.3 is 0 Å². The van der Waals surface area contributed by atoms with Gasteiger partial charge in [0.2, 0.25) is 0 Å². The number of halogens is 1. The number of hydrogen-bond acceptors (Lipinski definition) is 4. The van der Waals surface area contributed by atoms with Gasteiger partial charge in [-0.05, 0) is 34.2 Å². The van der Waals surface area contributed by atoms with Crippen LogP contribution in [0.15, 0.2) is 15.0 Å². The molecule has 0 unspecified atom stereocenters. The highest BCUT2D eigenvalue weighted by Gasteiger charge is 2.10. The van der Waals surface area contributed by atoms with Crippen molar-refractivity contribution in [2.75, 3.05) is 6.26 Å². The number of fused-ring (bicyclic) bond motifs is 1. The molecular formula is C9H9BrN2S2. The van der Waals surface area contributed by atoms with Gasteiger partial charge in [-0.25, -0.2) is 9.97 Å². The highest BCUT2D eigenvalue weighted by atomic mass is 79.9. The first-order valence-electron chi connectivity index (χ1n) is 4.24. The smallest absolute Gasteiger partial charge is 0.171 e. The van der Waals surface area contributed by atoms with Crippen LogP contribution in [-0.2, 0) is 6.42 Å². The third kappa shape index (κ3) is 1.68. The fourth-order valence-electron chi connectivity index (χ4n) is 1.30. The molecule has 0 aliphatic heterocycles. The van der Waals surface area contributed by atoms with Crippen molar-refractivity contribution < 1.29 is 0 Å². The van der Waals surface area contributed by atoms with E-state index in [4.69, 9.17) is 0 Å². The van der Waals surface area contributed by atoms with E-state index in [0.717, 1.165) is 20.9 Å². The van der Waals surface area contributed by atoms with Crippen molar-refractivity contribution in [3.63, 3.8) is 0 Å². The lowest BCUT2D eigenvalue weighted by Gasteiger charge is -1.99. The van der Waals surface area contributed by atoms with E-state index in [1.165, 1.54) is 10.3 Å². The number of aryl methyl sites for hydroxylation is 1. The minimum absolute atomic E-state index is 0.874. The molecule has 0 saturated heterocycles. The van der Waals surface area contributed by atoms with Crippen LogP contribution in [0.5, 0.6) is 0 Å². The molecule has 2 rings (SSSR count). The first-order valence-corrected chi connectivity index (χ1v) is 7.07. The van der Waals surface area contributed by atoms with Crippen molar-refractivity contribution >= 4 is 49.4 Å². The summed E-state index contributed by atoms with van der Waals surface area (Å²) in [6.07, 6.45) is 4.89. The van der Waals surface area contributed by atoms with Crippen LogP contribution in [0.3, 0.4) is 0 Å². The van der Waals surface area contributed by atoms with E-state index < -0.39 is 0 Å². The monoisotopic (exact) mass is 288 g/mol. The second-order valence-corrected chi connectivity index (χ2v) is 5.68. The molecule has 0 fully saturated rings. The molecule has 2 heterocycles. The summed E-state index contributed by atoms with van der Waals surface area (Å²) in [6.45, 7) is 2.15. The number of thioether (sulfide) groups is 1. The lowest BCUT2D eigenvalue weighted by Crippen LogP contribution is -1.85. The quantitative estimate of drug-likeness (QED) is 0.788. The number of aromatic nitrogens is 2. The van der Waals surface area contributed by atoms with Crippen LogP contribution in [0, 0.1) is 0 Å². The van der Waals surface area contributed by atoms with Crippen molar-refractivity contribution in [3.05, 3.63) is 16.2 Å². The van der Waals surface area contributed by atoms with Gasteiger partial charge in [0.15, 0.2) is 9.99 Å². The summed E-state index contributed by atoms with van der Waals surface area (Å²) in [6, 6.07) is 0. The van der Waals surface area contributed by atoms with E-state index in [9.17, 15) is 0 Å². The maximum Gasteiger partial charge on any atom is 0.171 e. The lowest BCUT2D eigenvalue weighted by molar-refractivity contribution is 1.13. The van der Waals surface area contributed by atoms with E-state index in [1.807, 2.05) is 12.5 Å². The zero-order valence-corrected chi connectivity index (χ0v) is 11.1.